The number of carbonyl (C=O) groups is 3. The molecule has 1 aromatic carbocycles. The highest BCUT2D eigenvalue weighted by atomic mass is 19.1. The molecule has 0 bridgehead atoms. The maximum absolute atomic E-state index is 13.5. The Morgan fingerprint density at radius 3 is 2.42 bits per heavy atom. The average Bonchev–Trinajstić information content (AvgIpc) is 3.40. The summed E-state index contributed by atoms with van der Waals surface area (Å²) in [6.07, 6.45) is 2.85. The molecule has 3 heterocycles. The predicted octanol–water partition coefficient (Wildman–Crippen LogP) is 2.47. The second kappa shape index (κ2) is 8.87. The van der Waals surface area contributed by atoms with Crippen molar-refractivity contribution in [3.63, 3.8) is 0 Å². The molecular weight excluding hydrogens is 408 g/mol. The SMILES string of the molecule is O=C(NCc1ccco1)C1CCN(C(=O)C2CCN(c3cc(F)cc(F)c3)C2=O)CC1. The maximum Gasteiger partial charge on any atom is 0.239 e. The Kier molecular flexibility index (Phi) is 6.01. The Bertz CT molecular complexity index is 951. The van der Waals surface area contributed by atoms with Gasteiger partial charge in [0.1, 0.15) is 23.3 Å². The number of rotatable bonds is 5. The summed E-state index contributed by atoms with van der Waals surface area (Å²) >= 11 is 0. The molecule has 31 heavy (non-hydrogen) atoms. The average molecular weight is 431 g/mol. The Hall–Kier alpha value is -3.23. The quantitative estimate of drug-likeness (QED) is 0.738. The van der Waals surface area contributed by atoms with Crippen LogP contribution in [-0.2, 0) is 20.9 Å². The highest BCUT2D eigenvalue weighted by Gasteiger charge is 2.41. The van der Waals surface area contributed by atoms with E-state index in [2.05, 4.69) is 5.32 Å². The van der Waals surface area contributed by atoms with Crippen LogP contribution in [0.5, 0.6) is 0 Å². The fraction of sp³-hybridized carbons (Fsp3) is 0.409. The van der Waals surface area contributed by atoms with Crippen molar-refractivity contribution < 1.29 is 27.6 Å². The molecule has 2 aromatic rings. The maximum atomic E-state index is 13.5. The van der Waals surface area contributed by atoms with Crippen LogP contribution in [0.3, 0.4) is 0 Å². The van der Waals surface area contributed by atoms with Crippen molar-refractivity contribution in [2.75, 3.05) is 24.5 Å². The van der Waals surface area contributed by atoms with Crippen LogP contribution in [0.1, 0.15) is 25.0 Å². The number of halogens is 2. The van der Waals surface area contributed by atoms with Crippen LogP contribution >= 0.6 is 0 Å². The number of hydrogen-bond donors (Lipinski definition) is 1. The zero-order valence-electron chi connectivity index (χ0n) is 16.9. The van der Waals surface area contributed by atoms with Crippen molar-refractivity contribution in [1.82, 2.24) is 10.2 Å². The summed E-state index contributed by atoms with van der Waals surface area (Å²) in [6.45, 7) is 1.31. The van der Waals surface area contributed by atoms with Gasteiger partial charge in [-0.3, -0.25) is 14.4 Å². The van der Waals surface area contributed by atoms with Crippen molar-refractivity contribution in [3.8, 4) is 0 Å². The summed E-state index contributed by atoms with van der Waals surface area (Å²) in [5.74, 6) is -2.77. The molecule has 1 atom stereocenters. The normalized spacial score (nSPS) is 19.7. The van der Waals surface area contributed by atoms with E-state index in [1.807, 2.05) is 0 Å². The van der Waals surface area contributed by atoms with Gasteiger partial charge in [-0.05, 0) is 43.5 Å². The Morgan fingerprint density at radius 1 is 1.06 bits per heavy atom. The Labute approximate surface area is 178 Å². The van der Waals surface area contributed by atoms with E-state index in [9.17, 15) is 23.2 Å². The van der Waals surface area contributed by atoms with E-state index in [-0.39, 0.29) is 30.0 Å². The molecule has 1 unspecified atom stereocenters. The third-order valence-electron chi connectivity index (χ3n) is 5.86. The van der Waals surface area contributed by atoms with E-state index >= 15 is 0 Å². The molecule has 0 radical (unpaired) electrons. The molecule has 2 aliphatic heterocycles. The first-order chi connectivity index (χ1) is 14.9. The van der Waals surface area contributed by atoms with E-state index in [0.717, 1.165) is 18.2 Å². The second-order valence-electron chi connectivity index (χ2n) is 7.86. The summed E-state index contributed by atoms with van der Waals surface area (Å²) in [4.78, 5) is 40.9. The van der Waals surface area contributed by atoms with E-state index in [1.54, 1.807) is 23.3 Å². The van der Waals surface area contributed by atoms with Gasteiger partial charge in [0.2, 0.25) is 17.7 Å². The minimum atomic E-state index is -0.865. The molecule has 2 fully saturated rings. The Balaban J connectivity index is 1.30. The lowest BCUT2D eigenvalue weighted by atomic mass is 9.94. The molecule has 1 N–H and O–H groups in total. The molecule has 2 aliphatic rings. The number of carbonyl (C=O) groups excluding carboxylic acids is 3. The van der Waals surface area contributed by atoms with Crippen molar-refractivity contribution in [1.29, 1.82) is 0 Å². The van der Waals surface area contributed by atoms with Crippen LogP contribution in [0, 0.1) is 23.5 Å². The number of furan rings is 1. The van der Waals surface area contributed by atoms with Crippen LogP contribution in [0.2, 0.25) is 0 Å². The lowest BCUT2D eigenvalue weighted by Gasteiger charge is -2.32. The zero-order valence-corrected chi connectivity index (χ0v) is 16.9. The first kappa shape index (κ1) is 21.0. The number of amides is 3. The van der Waals surface area contributed by atoms with Crippen molar-refractivity contribution >= 4 is 23.4 Å². The van der Waals surface area contributed by atoms with Gasteiger partial charge in [0.25, 0.3) is 0 Å². The highest BCUT2D eigenvalue weighted by molar-refractivity contribution is 6.09. The Morgan fingerprint density at radius 2 is 1.77 bits per heavy atom. The van der Waals surface area contributed by atoms with Crippen LogP contribution < -0.4 is 10.2 Å². The number of anilines is 1. The summed E-state index contributed by atoms with van der Waals surface area (Å²) in [7, 11) is 0. The van der Waals surface area contributed by atoms with Crippen LogP contribution in [-0.4, -0.2) is 42.3 Å². The lowest BCUT2D eigenvalue weighted by molar-refractivity contribution is -0.142. The summed E-state index contributed by atoms with van der Waals surface area (Å²) < 4.78 is 32.2. The second-order valence-corrected chi connectivity index (χ2v) is 7.86. The number of nitrogens with one attached hydrogen (secondary N) is 1. The first-order valence-electron chi connectivity index (χ1n) is 10.3. The van der Waals surface area contributed by atoms with Gasteiger partial charge in [-0.25, -0.2) is 8.78 Å². The van der Waals surface area contributed by atoms with Crippen molar-refractivity contribution in [3.05, 3.63) is 54.0 Å². The number of likely N-dealkylation sites (tertiary alicyclic amines) is 1. The number of piperidine rings is 1. The largest absolute Gasteiger partial charge is 0.467 e. The van der Waals surface area contributed by atoms with Gasteiger partial charge >= 0.3 is 0 Å². The van der Waals surface area contributed by atoms with Crippen LogP contribution in [0.15, 0.2) is 41.0 Å². The van der Waals surface area contributed by atoms with Gasteiger partial charge in [0.15, 0.2) is 0 Å². The molecule has 164 valence electrons. The van der Waals surface area contributed by atoms with E-state index in [4.69, 9.17) is 4.42 Å². The van der Waals surface area contributed by atoms with Gasteiger partial charge in [0, 0.05) is 37.3 Å². The van der Waals surface area contributed by atoms with Crippen LogP contribution in [0.25, 0.3) is 0 Å². The van der Waals surface area contributed by atoms with Gasteiger partial charge < -0.3 is 19.5 Å². The molecule has 9 heteroatoms. The highest BCUT2D eigenvalue weighted by Crippen LogP contribution is 2.29. The molecule has 0 saturated carbocycles. The summed E-state index contributed by atoms with van der Waals surface area (Å²) in [5.41, 5.74) is 0.115. The number of benzene rings is 1. The van der Waals surface area contributed by atoms with Gasteiger partial charge in [-0.1, -0.05) is 0 Å². The summed E-state index contributed by atoms with van der Waals surface area (Å²) in [5, 5.41) is 2.84. The molecule has 7 nitrogen and oxygen atoms in total. The van der Waals surface area contributed by atoms with Crippen molar-refractivity contribution in [2.24, 2.45) is 11.8 Å². The monoisotopic (exact) mass is 431 g/mol. The predicted molar refractivity (Wildman–Crippen MR) is 107 cm³/mol. The zero-order chi connectivity index (χ0) is 22.0. The number of nitrogens with zero attached hydrogens (tertiary/aromatic N) is 2. The molecule has 4 rings (SSSR count). The van der Waals surface area contributed by atoms with E-state index < -0.39 is 23.5 Å². The van der Waals surface area contributed by atoms with Crippen molar-refractivity contribution in [2.45, 2.75) is 25.8 Å². The molecule has 0 aliphatic carbocycles. The molecule has 2 saturated heterocycles. The molecule has 1 aromatic heterocycles. The van der Waals surface area contributed by atoms with E-state index in [1.165, 1.54) is 4.90 Å². The van der Waals surface area contributed by atoms with Gasteiger partial charge in [-0.2, -0.15) is 0 Å². The van der Waals surface area contributed by atoms with Gasteiger partial charge in [0.05, 0.1) is 12.8 Å². The lowest BCUT2D eigenvalue weighted by Crippen LogP contribution is -2.46. The first-order valence-corrected chi connectivity index (χ1v) is 10.3. The fourth-order valence-corrected chi connectivity index (χ4v) is 4.17. The standard InChI is InChI=1S/C22H23F2N3O4/c23-15-10-16(24)12-17(11-15)27-8-5-19(22(27)30)21(29)26-6-3-14(4-7-26)20(28)25-13-18-2-1-9-31-18/h1-2,9-12,14,19H,3-8,13H2,(H,25,28). The van der Waals surface area contributed by atoms with Crippen LogP contribution in [0.4, 0.5) is 14.5 Å². The third kappa shape index (κ3) is 4.60. The minimum Gasteiger partial charge on any atom is -0.467 e. The molecular formula is C22H23F2N3O4. The third-order valence-corrected chi connectivity index (χ3v) is 5.86. The van der Waals surface area contributed by atoms with E-state index in [0.29, 0.717) is 44.7 Å². The summed E-state index contributed by atoms with van der Waals surface area (Å²) in [6, 6.07) is 6.44. The van der Waals surface area contributed by atoms with Gasteiger partial charge in [-0.15, -0.1) is 0 Å². The molecule has 0 spiro atoms. The minimum absolute atomic E-state index is 0.0836. The number of hydrogen-bond acceptors (Lipinski definition) is 4. The molecule has 3 amide bonds. The smallest absolute Gasteiger partial charge is 0.239 e. The fourth-order valence-electron chi connectivity index (χ4n) is 4.17. The topological polar surface area (TPSA) is 82.9 Å².